The summed E-state index contributed by atoms with van der Waals surface area (Å²) in [4.78, 5) is 31.5. The lowest BCUT2D eigenvalue weighted by atomic mass is 10.1. The van der Waals surface area contributed by atoms with Gasteiger partial charge in [0.1, 0.15) is 5.69 Å². The maximum absolute atomic E-state index is 13.0. The van der Waals surface area contributed by atoms with E-state index in [2.05, 4.69) is 10.3 Å². The number of pyridine rings is 1. The third-order valence-electron chi connectivity index (χ3n) is 4.81. The number of benzene rings is 2. The average molecular weight is 392 g/mol. The fourth-order valence-electron chi connectivity index (χ4n) is 3.35. The van der Waals surface area contributed by atoms with E-state index in [9.17, 15) is 9.59 Å². The molecular weight excluding hydrogens is 374 g/mol. The van der Waals surface area contributed by atoms with Crippen LogP contribution in [0.25, 0.3) is 0 Å². The Bertz CT molecular complexity index is 1080. The highest BCUT2D eigenvalue weighted by molar-refractivity contribution is 6.30. The second-order valence-corrected chi connectivity index (χ2v) is 7.12. The van der Waals surface area contributed by atoms with Gasteiger partial charge >= 0.3 is 0 Å². The molecule has 5 nitrogen and oxygen atoms in total. The maximum Gasteiger partial charge on any atom is 0.274 e. The van der Waals surface area contributed by atoms with Crippen LogP contribution in [0, 0.1) is 6.92 Å². The summed E-state index contributed by atoms with van der Waals surface area (Å²) in [6.07, 6.45) is 2.31. The molecule has 140 valence electrons. The number of halogens is 1. The number of aryl methyl sites for hydroxylation is 1. The fourth-order valence-corrected chi connectivity index (χ4v) is 3.57. The van der Waals surface area contributed by atoms with Crippen molar-refractivity contribution in [3.63, 3.8) is 0 Å². The monoisotopic (exact) mass is 391 g/mol. The molecule has 0 aliphatic carbocycles. The third kappa shape index (κ3) is 3.49. The molecule has 1 aromatic heterocycles. The number of rotatable bonds is 3. The first-order chi connectivity index (χ1) is 13.5. The second kappa shape index (κ2) is 7.44. The summed E-state index contributed by atoms with van der Waals surface area (Å²) in [6, 6.07) is 16.3. The Kier molecular flexibility index (Phi) is 4.84. The Morgan fingerprint density at radius 3 is 2.75 bits per heavy atom. The van der Waals surface area contributed by atoms with Crippen LogP contribution in [-0.2, 0) is 6.42 Å². The largest absolute Gasteiger partial charge is 0.320 e. The first kappa shape index (κ1) is 18.2. The van der Waals surface area contributed by atoms with Crippen LogP contribution in [0.5, 0.6) is 0 Å². The molecule has 1 aliphatic rings. The number of hydrogen-bond acceptors (Lipinski definition) is 3. The molecule has 0 atom stereocenters. The topological polar surface area (TPSA) is 62.3 Å². The van der Waals surface area contributed by atoms with Gasteiger partial charge in [-0.3, -0.25) is 14.6 Å². The molecule has 6 heteroatoms. The van der Waals surface area contributed by atoms with Gasteiger partial charge in [-0.1, -0.05) is 29.8 Å². The van der Waals surface area contributed by atoms with Crippen molar-refractivity contribution in [1.82, 2.24) is 4.98 Å². The van der Waals surface area contributed by atoms with E-state index >= 15 is 0 Å². The zero-order chi connectivity index (χ0) is 19.7. The number of carbonyl (C=O) groups excluding carboxylic acids is 2. The van der Waals surface area contributed by atoms with E-state index in [1.165, 1.54) is 12.3 Å². The van der Waals surface area contributed by atoms with Crippen molar-refractivity contribution in [2.45, 2.75) is 13.3 Å². The maximum atomic E-state index is 13.0. The van der Waals surface area contributed by atoms with Crippen LogP contribution in [0.3, 0.4) is 0 Å². The number of para-hydroxylation sites is 1. The number of amides is 2. The van der Waals surface area contributed by atoms with Crippen molar-refractivity contribution in [1.29, 1.82) is 0 Å². The van der Waals surface area contributed by atoms with Crippen LogP contribution in [0.1, 0.15) is 32.0 Å². The van der Waals surface area contributed by atoms with Gasteiger partial charge in [-0.05, 0) is 60.9 Å². The summed E-state index contributed by atoms with van der Waals surface area (Å²) in [7, 11) is 0. The lowest BCUT2D eigenvalue weighted by Crippen LogP contribution is -2.29. The predicted octanol–water partition coefficient (Wildman–Crippen LogP) is 4.50. The van der Waals surface area contributed by atoms with Crippen molar-refractivity contribution in [2.75, 3.05) is 16.8 Å². The Morgan fingerprint density at radius 1 is 1.11 bits per heavy atom. The molecule has 0 saturated carbocycles. The molecule has 0 fully saturated rings. The van der Waals surface area contributed by atoms with Crippen LogP contribution < -0.4 is 10.2 Å². The van der Waals surface area contributed by atoms with Gasteiger partial charge in [0.25, 0.3) is 11.8 Å². The van der Waals surface area contributed by atoms with Crippen molar-refractivity contribution in [2.24, 2.45) is 0 Å². The minimum absolute atomic E-state index is 0.135. The number of carbonyl (C=O) groups is 2. The molecular formula is C22H18ClN3O2. The van der Waals surface area contributed by atoms with E-state index in [1.807, 2.05) is 31.2 Å². The SMILES string of the molecule is Cc1cc(Cl)ccc1NC(=O)c1cc(C(=O)N2CCc3ccccc32)ccn1. The highest BCUT2D eigenvalue weighted by atomic mass is 35.5. The Balaban J connectivity index is 1.56. The smallest absolute Gasteiger partial charge is 0.274 e. The average Bonchev–Trinajstić information content (AvgIpc) is 3.14. The predicted molar refractivity (Wildman–Crippen MR) is 110 cm³/mol. The molecule has 2 amide bonds. The molecule has 2 heterocycles. The van der Waals surface area contributed by atoms with Gasteiger partial charge < -0.3 is 10.2 Å². The number of fused-ring (bicyclic) bond motifs is 1. The molecule has 3 aromatic rings. The summed E-state index contributed by atoms with van der Waals surface area (Å²) in [5.41, 5.74) is 4.20. The zero-order valence-electron chi connectivity index (χ0n) is 15.3. The number of anilines is 2. The van der Waals surface area contributed by atoms with E-state index in [1.54, 1.807) is 29.2 Å². The highest BCUT2D eigenvalue weighted by Gasteiger charge is 2.25. The first-order valence-electron chi connectivity index (χ1n) is 8.96. The summed E-state index contributed by atoms with van der Waals surface area (Å²) < 4.78 is 0. The number of nitrogens with zero attached hydrogens (tertiary/aromatic N) is 2. The third-order valence-corrected chi connectivity index (χ3v) is 5.04. The van der Waals surface area contributed by atoms with Crippen molar-refractivity contribution < 1.29 is 9.59 Å². The lowest BCUT2D eigenvalue weighted by molar-refractivity contribution is 0.0989. The van der Waals surface area contributed by atoms with E-state index in [4.69, 9.17) is 11.6 Å². The Labute approximate surface area is 168 Å². The van der Waals surface area contributed by atoms with Crippen LogP contribution in [0.2, 0.25) is 5.02 Å². The van der Waals surface area contributed by atoms with Crippen molar-refractivity contribution in [3.8, 4) is 0 Å². The molecule has 0 unspecified atom stereocenters. The van der Waals surface area contributed by atoms with Crippen LogP contribution in [-0.4, -0.2) is 23.3 Å². The fraction of sp³-hybridized carbons (Fsp3) is 0.136. The van der Waals surface area contributed by atoms with Crippen molar-refractivity contribution in [3.05, 3.63) is 88.2 Å². The van der Waals surface area contributed by atoms with E-state index < -0.39 is 0 Å². The molecule has 28 heavy (non-hydrogen) atoms. The molecule has 4 rings (SSSR count). The van der Waals surface area contributed by atoms with Gasteiger partial charge in [-0.25, -0.2) is 0 Å². The minimum Gasteiger partial charge on any atom is -0.320 e. The van der Waals surface area contributed by atoms with Gasteiger partial charge in [0, 0.05) is 34.7 Å². The number of nitrogens with one attached hydrogen (secondary N) is 1. The lowest BCUT2D eigenvalue weighted by Gasteiger charge is -2.17. The summed E-state index contributed by atoms with van der Waals surface area (Å²) in [5, 5.41) is 3.42. The van der Waals surface area contributed by atoms with Gasteiger partial charge in [0.05, 0.1) is 0 Å². The second-order valence-electron chi connectivity index (χ2n) is 6.68. The number of aromatic nitrogens is 1. The standard InChI is InChI=1S/C22H18ClN3O2/c1-14-12-17(23)6-7-18(14)25-21(27)19-13-16(8-10-24-19)22(28)26-11-9-15-4-2-3-5-20(15)26/h2-8,10,12-13H,9,11H2,1H3,(H,25,27). The highest BCUT2D eigenvalue weighted by Crippen LogP contribution is 2.29. The number of hydrogen-bond donors (Lipinski definition) is 1. The molecule has 0 saturated heterocycles. The van der Waals surface area contributed by atoms with E-state index in [0.717, 1.165) is 23.2 Å². The Hall–Kier alpha value is -3.18. The summed E-state index contributed by atoms with van der Waals surface area (Å²) in [5.74, 6) is -0.508. The van der Waals surface area contributed by atoms with Crippen LogP contribution in [0.4, 0.5) is 11.4 Å². The normalized spacial score (nSPS) is 12.6. The molecule has 1 aliphatic heterocycles. The molecule has 1 N–H and O–H groups in total. The molecule has 0 bridgehead atoms. The first-order valence-corrected chi connectivity index (χ1v) is 9.34. The molecule has 2 aromatic carbocycles. The van der Waals surface area contributed by atoms with Crippen molar-refractivity contribution >= 4 is 34.8 Å². The van der Waals surface area contributed by atoms with Crippen LogP contribution in [0.15, 0.2) is 60.8 Å². The molecule has 0 radical (unpaired) electrons. The quantitative estimate of drug-likeness (QED) is 0.715. The minimum atomic E-state index is -0.373. The van der Waals surface area contributed by atoms with Gasteiger partial charge in [-0.2, -0.15) is 0 Å². The van der Waals surface area contributed by atoms with Gasteiger partial charge in [-0.15, -0.1) is 0 Å². The van der Waals surface area contributed by atoms with Gasteiger partial charge in [0.2, 0.25) is 0 Å². The van der Waals surface area contributed by atoms with E-state index in [-0.39, 0.29) is 17.5 Å². The van der Waals surface area contributed by atoms with Gasteiger partial charge in [0.15, 0.2) is 0 Å². The summed E-state index contributed by atoms with van der Waals surface area (Å²) >= 11 is 5.96. The van der Waals surface area contributed by atoms with Crippen LogP contribution >= 0.6 is 11.6 Å². The zero-order valence-corrected chi connectivity index (χ0v) is 16.0. The van der Waals surface area contributed by atoms with E-state index in [0.29, 0.717) is 22.8 Å². The Morgan fingerprint density at radius 2 is 1.93 bits per heavy atom. The summed E-state index contributed by atoms with van der Waals surface area (Å²) in [6.45, 7) is 2.49. The molecule has 0 spiro atoms.